The Bertz CT molecular complexity index is 511. The van der Waals surface area contributed by atoms with Gasteiger partial charge >= 0.3 is 0 Å². The maximum atomic E-state index is 10.2. The van der Waals surface area contributed by atoms with Gasteiger partial charge < -0.3 is 9.52 Å². The third-order valence-electron chi connectivity index (χ3n) is 2.91. The van der Waals surface area contributed by atoms with Crippen LogP contribution in [0.3, 0.4) is 0 Å². The van der Waals surface area contributed by atoms with Crippen LogP contribution in [0.4, 0.5) is 0 Å². The number of hydrogen-bond donors (Lipinski definition) is 1. The van der Waals surface area contributed by atoms with Crippen molar-refractivity contribution in [2.45, 2.75) is 26.9 Å². The molecule has 2 aromatic heterocycles. The minimum absolute atomic E-state index is 0.648. The normalized spacial score (nSPS) is 13.1. The average Bonchev–Trinajstić information content (AvgIpc) is 2.73. The predicted octanol–water partition coefficient (Wildman–Crippen LogP) is 2.02. The van der Waals surface area contributed by atoms with Gasteiger partial charge in [0.2, 0.25) is 0 Å². The first kappa shape index (κ1) is 11.0. The monoisotopic (exact) mass is 220 g/mol. The summed E-state index contributed by atoms with van der Waals surface area (Å²) >= 11 is 0. The first-order chi connectivity index (χ1) is 7.50. The fraction of sp³-hybridized carbons (Fsp3) is 0.417. The van der Waals surface area contributed by atoms with E-state index in [4.69, 9.17) is 4.42 Å². The molecule has 1 unspecified atom stereocenters. The molecule has 0 saturated carbocycles. The van der Waals surface area contributed by atoms with Crippen molar-refractivity contribution in [3.8, 4) is 0 Å². The molecule has 16 heavy (non-hydrogen) atoms. The number of furan rings is 1. The molecular weight excluding hydrogens is 204 g/mol. The zero-order chi connectivity index (χ0) is 11.9. The van der Waals surface area contributed by atoms with Crippen LogP contribution in [-0.4, -0.2) is 14.9 Å². The van der Waals surface area contributed by atoms with Crippen molar-refractivity contribution in [3.63, 3.8) is 0 Å². The minimum Gasteiger partial charge on any atom is -0.466 e. The number of rotatable bonds is 2. The molecule has 0 bridgehead atoms. The fourth-order valence-electron chi connectivity index (χ4n) is 1.94. The van der Waals surface area contributed by atoms with Gasteiger partial charge in [-0.1, -0.05) is 0 Å². The van der Waals surface area contributed by atoms with Gasteiger partial charge in [0.15, 0.2) is 0 Å². The lowest BCUT2D eigenvalue weighted by Gasteiger charge is -2.07. The molecule has 0 aromatic carbocycles. The number of aromatic nitrogens is 2. The second-order valence-corrected chi connectivity index (χ2v) is 4.07. The van der Waals surface area contributed by atoms with Crippen LogP contribution in [0.5, 0.6) is 0 Å². The van der Waals surface area contributed by atoms with Gasteiger partial charge in [-0.3, -0.25) is 4.68 Å². The average molecular weight is 220 g/mol. The largest absolute Gasteiger partial charge is 0.466 e. The van der Waals surface area contributed by atoms with Crippen LogP contribution in [0.1, 0.15) is 34.4 Å². The van der Waals surface area contributed by atoms with Crippen molar-refractivity contribution in [2.75, 3.05) is 0 Å². The van der Waals surface area contributed by atoms with E-state index in [0.29, 0.717) is 5.69 Å². The maximum absolute atomic E-state index is 10.2. The van der Waals surface area contributed by atoms with Crippen molar-refractivity contribution in [2.24, 2.45) is 7.05 Å². The summed E-state index contributed by atoms with van der Waals surface area (Å²) in [5.41, 5.74) is 2.47. The van der Waals surface area contributed by atoms with Crippen LogP contribution in [0.15, 0.2) is 16.7 Å². The number of aliphatic hydroxyl groups excluding tert-OH is 1. The van der Waals surface area contributed by atoms with Gasteiger partial charge in [0.1, 0.15) is 17.6 Å². The van der Waals surface area contributed by atoms with E-state index in [1.165, 1.54) is 0 Å². The summed E-state index contributed by atoms with van der Waals surface area (Å²) in [4.78, 5) is 0. The molecule has 0 aliphatic rings. The summed E-state index contributed by atoms with van der Waals surface area (Å²) in [6.45, 7) is 5.71. The molecule has 2 heterocycles. The van der Waals surface area contributed by atoms with Gasteiger partial charge in [0, 0.05) is 18.8 Å². The fourth-order valence-corrected chi connectivity index (χ4v) is 1.94. The van der Waals surface area contributed by atoms with E-state index in [2.05, 4.69) is 5.10 Å². The SMILES string of the molecule is Cc1oc(C)c(C(O)c2ccn(C)n2)c1C. The van der Waals surface area contributed by atoms with Gasteiger partial charge in [-0.05, 0) is 32.4 Å². The zero-order valence-electron chi connectivity index (χ0n) is 9.98. The summed E-state index contributed by atoms with van der Waals surface area (Å²) in [6.07, 6.45) is 1.11. The molecule has 4 nitrogen and oxygen atoms in total. The molecule has 1 N–H and O–H groups in total. The summed E-state index contributed by atoms with van der Waals surface area (Å²) < 4.78 is 7.18. The van der Waals surface area contributed by atoms with E-state index in [9.17, 15) is 5.11 Å². The Morgan fingerprint density at radius 3 is 2.44 bits per heavy atom. The molecule has 0 radical (unpaired) electrons. The minimum atomic E-state index is -0.710. The Hall–Kier alpha value is -1.55. The number of aryl methyl sites for hydroxylation is 3. The highest BCUT2D eigenvalue weighted by atomic mass is 16.3. The smallest absolute Gasteiger partial charge is 0.126 e. The van der Waals surface area contributed by atoms with Crippen LogP contribution < -0.4 is 0 Å². The molecule has 4 heteroatoms. The summed E-state index contributed by atoms with van der Waals surface area (Å²) in [6, 6.07) is 1.81. The number of hydrogen-bond acceptors (Lipinski definition) is 3. The van der Waals surface area contributed by atoms with E-state index < -0.39 is 6.10 Å². The zero-order valence-corrected chi connectivity index (χ0v) is 9.98. The Balaban J connectivity index is 2.44. The lowest BCUT2D eigenvalue weighted by atomic mass is 10.0. The Morgan fingerprint density at radius 1 is 1.31 bits per heavy atom. The molecule has 0 saturated heterocycles. The van der Waals surface area contributed by atoms with Gasteiger partial charge in [0.25, 0.3) is 0 Å². The first-order valence-electron chi connectivity index (χ1n) is 5.24. The molecule has 0 aliphatic carbocycles. The third kappa shape index (κ3) is 1.65. The Kier molecular flexibility index (Phi) is 2.59. The summed E-state index contributed by atoms with van der Waals surface area (Å²) in [7, 11) is 1.83. The molecule has 0 spiro atoms. The van der Waals surface area contributed by atoms with Gasteiger partial charge in [-0.25, -0.2) is 0 Å². The van der Waals surface area contributed by atoms with Crippen LogP contribution in [0, 0.1) is 20.8 Å². The molecule has 2 aromatic rings. The maximum Gasteiger partial charge on any atom is 0.126 e. The first-order valence-corrected chi connectivity index (χ1v) is 5.24. The van der Waals surface area contributed by atoms with E-state index in [0.717, 1.165) is 22.6 Å². The lowest BCUT2D eigenvalue weighted by Crippen LogP contribution is -2.03. The number of aliphatic hydroxyl groups is 1. The molecular formula is C12H16N2O2. The van der Waals surface area contributed by atoms with Crippen LogP contribution in [0.25, 0.3) is 0 Å². The molecule has 1 atom stereocenters. The topological polar surface area (TPSA) is 51.2 Å². The van der Waals surface area contributed by atoms with E-state index in [-0.39, 0.29) is 0 Å². The van der Waals surface area contributed by atoms with Crippen LogP contribution in [-0.2, 0) is 7.05 Å². The van der Waals surface area contributed by atoms with Crippen molar-refractivity contribution >= 4 is 0 Å². The second-order valence-electron chi connectivity index (χ2n) is 4.07. The lowest BCUT2D eigenvalue weighted by molar-refractivity contribution is 0.211. The van der Waals surface area contributed by atoms with Gasteiger partial charge in [0.05, 0.1) is 5.69 Å². The van der Waals surface area contributed by atoms with Crippen molar-refractivity contribution in [1.82, 2.24) is 9.78 Å². The van der Waals surface area contributed by atoms with Gasteiger partial charge in [-0.15, -0.1) is 0 Å². The van der Waals surface area contributed by atoms with E-state index >= 15 is 0 Å². The molecule has 86 valence electrons. The highest BCUT2D eigenvalue weighted by molar-refractivity contribution is 5.37. The number of nitrogens with zero attached hydrogens (tertiary/aromatic N) is 2. The predicted molar refractivity (Wildman–Crippen MR) is 60.2 cm³/mol. The Labute approximate surface area is 94.5 Å². The third-order valence-corrected chi connectivity index (χ3v) is 2.91. The van der Waals surface area contributed by atoms with Crippen LogP contribution in [0.2, 0.25) is 0 Å². The van der Waals surface area contributed by atoms with E-state index in [1.54, 1.807) is 4.68 Å². The second kappa shape index (κ2) is 3.79. The highest BCUT2D eigenvalue weighted by Crippen LogP contribution is 2.30. The van der Waals surface area contributed by atoms with E-state index in [1.807, 2.05) is 40.1 Å². The van der Waals surface area contributed by atoms with Gasteiger partial charge in [-0.2, -0.15) is 5.10 Å². The summed E-state index contributed by atoms with van der Waals surface area (Å²) in [5, 5.41) is 14.4. The van der Waals surface area contributed by atoms with Crippen molar-refractivity contribution < 1.29 is 9.52 Å². The van der Waals surface area contributed by atoms with Crippen LogP contribution >= 0.6 is 0 Å². The van der Waals surface area contributed by atoms with Crippen molar-refractivity contribution in [3.05, 3.63) is 40.6 Å². The van der Waals surface area contributed by atoms with Crippen molar-refractivity contribution in [1.29, 1.82) is 0 Å². The highest BCUT2D eigenvalue weighted by Gasteiger charge is 2.22. The molecule has 2 rings (SSSR count). The molecule has 0 amide bonds. The quantitative estimate of drug-likeness (QED) is 0.842. The molecule has 0 aliphatic heterocycles. The molecule has 0 fully saturated rings. The Morgan fingerprint density at radius 2 is 2.00 bits per heavy atom. The summed E-state index contributed by atoms with van der Waals surface area (Å²) in [5.74, 6) is 1.61. The standard InChI is InChI=1S/C12H16N2O2/c1-7-8(2)16-9(3)11(7)12(15)10-5-6-14(4)13-10/h5-6,12,15H,1-4H3.